The van der Waals surface area contributed by atoms with Crippen LogP contribution in [-0.2, 0) is 4.74 Å². The Morgan fingerprint density at radius 1 is 0.818 bits per heavy atom. The Kier molecular flexibility index (Phi) is 10.3. The lowest BCUT2D eigenvalue weighted by Crippen LogP contribution is -2.28. The average molecular weight is 473 g/mol. The highest BCUT2D eigenvalue weighted by Gasteiger charge is 2.34. The molecule has 0 saturated heterocycles. The zero-order valence-electron chi connectivity index (χ0n) is 20.0. The average Bonchev–Trinajstić information content (AvgIpc) is 2.80. The number of unbranched alkanes of at least 4 members (excludes halogenated alkanes) is 2. The van der Waals surface area contributed by atoms with E-state index in [4.69, 9.17) is 4.74 Å². The van der Waals surface area contributed by atoms with Gasteiger partial charge in [0.05, 0.1) is 12.5 Å². The van der Waals surface area contributed by atoms with Gasteiger partial charge in [-0.05, 0) is 74.8 Å². The normalized spacial score (nSPS) is 26.3. The van der Waals surface area contributed by atoms with Crippen molar-refractivity contribution in [3.63, 3.8) is 0 Å². The Hall–Kier alpha value is -1.30. The summed E-state index contributed by atoms with van der Waals surface area (Å²) in [5.41, 5.74) is 0. The molecule has 33 heavy (non-hydrogen) atoms. The molecule has 0 aliphatic heterocycles. The predicted octanol–water partition coefficient (Wildman–Crippen LogP) is 8.68. The molecule has 0 aromatic heterocycles. The zero-order chi connectivity index (χ0) is 23.7. The molecule has 0 heterocycles. The molecule has 2 nitrogen and oxygen atoms in total. The van der Waals surface area contributed by atoms with E-state index in [0.717, 1.165) is 50.3 Å². The van der Waals surface area contributed by atoms with Crippen molar-refractivity contribution < 1.29 is 27.0 Å². The first kappa shape index (κ1) is 26.3. The highest BCUT2D eigenvalue weighted by Crippen LogP contribution is 2.36. The molecule has 1 aromatic carbocycles. The summed E-state index contributed by atoms with van der Waals surface area (Å²) in [6.45, 7) is 3.10. The Labute approximate surface area is 196 Å². The molecule has 2 aliphatic carbocycles. The van der Waals surface area contributed by atoms with Crippen LogP contribution in [0.15, 0.2) is 18.2 Å². The van der Waals surface area contributed by atoms with Crippen LogP contribution in [0.4, 0.5) is 17.6 Å². The Balaban J connectivity index is 1.28. The van der Waals surface area contributed by atoms with Gasteiger partial charge in [-0.25, -0.2) is 8.78 Å². The minimum atomic E-state index is -3.40. The Morgan fingerprint density at radius 3 is 2.12 bits per heavy atom. The monoisotopic (exact) mass is 472 g/mol. The van der Waals surface area contributed by atoms with Crippen LogP contribution < -0.4 is 4.74 Å². The molecule has 0 radical (unpaired) electrons. The van der Waals surface area contributed by atoms with Gasteiger partial charge in [0.15, 0.2) is 11.6 Å². The number of rotatable bonds is 12. The second-order valence-electron chi connectivity index (χ2n) is 10.2. The molecular formula is C27H40F4O2. The van der Waals surface area contributed by atoms with Crippen molar-refractivity contribution in [3.8, 4) is 5.75 Å². The van der Waals surface area contributed by atoms with E-state index in [2.05, 4.69) is 11.7 Å². The SMILES string of the molecule is CCCCCC1CCC(COC2CCC(CCC(F)(F)Oc3ccc(F)c(F)c3)CC2)CC1. The summed E-state index contributed by atoms with van der Waals surface area (Å²) in [4.78, 5) is 0. The van der Waals surface area contributed by atoms with Crippen molar-refractivity contribution in [1.82, 2.24) is 0 Å². The van der Waals surface area contributed by atoms with Crippen LogP contribution in [0.25, 0.3) is 0 Å². The highest BCUT2D eigenvalue weighted by atomic mass is 19.3. The summed E-state index contributed by atoms with van der Waals surface area (Å²) in [6, 6.07) is 2.47. The lowest BCUT2D eigenvalue weighted by atomic mass is 9.80. The van der Waals surface area contributed by atoms with E-state index in [9.17, 15) is 17.6 Å². The third kappa shape index (κ3) is 9.11. The maximum absolute atomic E-state index is 14.2. The number of benzene rings is 1. The zero-order valence-corrected chi connectivity index (χ0v) is 20.0. The lowest BCUT2D eigenvalue weighted by Gasteiger charge is -2.32. The van der Waals surface area contributed by atoms with Gasteiger partial charge in [-0.3, -0.25) is 0 Å². The van der Waals surface area contributed by atoms with Crippen molar-refractivity contribution in [3.05, 3.63) is 29.8 Å². The molecule has 0 unspecified atom stereocenters. The molecule has 2 fully saturated rings. The molecule has 188 valence electrons. The molecule has 3 rings (SSSR count). The number of hydrogen-bond acceptors (Lipinski definition) is 2. The summed E-state index contributed by atoms with van der Waals surface area (Å²) in [7, 11) is 0. The molecular weight excluding hydrogens is 432 g/mol. The Morgan fingerprint density at radius 2 is 1.45 bits per heavy atom. The maximum atomic E-state index is 14.2. The van der Waals surface area contributed by atoms with E-state index in [1.807, 2.05) is 0 Å². The van der Waals surface area contributed by atoms with Crippen molar-refractivity contribution in [2.24, 2.45) is 17.8 Å². The third-order valence-corrected chi connectivity index (χ3v) is 7.55. The molecule has 2 saturated carbocycles. The van der Waals surface area contributed by atoms with Crippen LogP contribution in [0, 0.1) is 29.4 Å². The predicted molar refractivity (Wildman–Crippen MR) is 122 cm³/mol. The minimum Gasteiger partial charge on any atom is -0.432 e. The van der Waals surface area contributed by atoms with Gasteiger partial charge in [0.1, 0.15) is 5.75 Å². The fourth-order valence-electron chi connectivity index (χ4n) is 5.37. The van der Waals surface area contributed by atoms with Crippen LogP contribution in [0.2, 0.25) is 0 Å². The first-order valence-corrected chi connectivity index (χ1v) is 13.0. The lowest BCUT2D eigenvalue weighted by molar-refractivity contribution is -0.183. The van der Waals surface area contributed by atoms with E-state index >= 15 is 0 Å². The molecule has 0 N–H and O–H groups in total. The molecule has 1 aromatic rings. The van der Waals surface area contributed by atoms with Crippen LogP contribution in [0.3, 0.4) is 0 Å². The topological polar surface area (TPSA) is 18.5 Å². The van der Waals surface area contributed by atoms with Gasteiger partial charge < -0.3 is 9.47 Å². The molecule has 0 amide bonds. The van der Waals surface area contributed by atoms with Crippen LogP contribution in [0.5, 0.6) is 5.75 Å². The van der Waals surface area contributed by atoms with Gasteiger partial charge >= 0.3 is 6.11 Å². The van der Waals surface area contributed by atoms with Gasteiger partial charge in [-0.2, -0.15) is 8.78 Å². The summed E-state index contributed by atoms with van der Waals surface area (Å²) in [5, 5.41) is 0. The first-order valence-electron chi connectivity index (χ1n) is 13.0. The van der Waals surface area contributed by atoms with Gasteiger partial charge in [0, 0.05) is 12.7 Å². The van der Waals surface area contributed by atoms with Crippen molar-refractivity contribution >= 4 is 0 Å². The quantitative estimate of drug-likeness (QED) is 0.224. The molecule has 0 atom stereocenters. The number of halogens is 4. The van der Waals surface area contributed by atoms with E-state index in [1.165, 1.54) is 51.4 Å². The second-order valence-corrected chi connectivity index (χ2v) is 10.2. The summed E-state index contributed by atoms with van der Waals surface area (Å²) in [6.07, 6.45) is 11.0. The van der Waals surface area contributed by atoms with Crippen LogP contribution in [-0.4, -0.2) is 18.8 Å². The summed E-state index contributed by atoms with van der Waals surface area (Å²) >= 11 is 0. The van der Waals surface area contributed by atoms with E-state index in [-0.39, 0.29) is 17.8 Å². The van der Waals surface area contributed by atoms with Gasteiger partial charge in [-0.15, -0.1) is 0 Å². The van der Waals surface area contributed by atoms with E-state index in [0.29, 0.717) is 18.4 Å². The molecule has 6 heteroatoms. The fourth-order valence-corrected chi connectivity index (χ4v) is 5.37. The van der Waals surface area contributed by atoms with Crippen LogP contribution >= 0.6 is 0 Å². The van der Waals surface area contributed by atoms with Crippen molar-refractivity contribution in [1.29, 1.82) is 0 Å². The van der Waals surface area contributed by atoms with E-state index in [1.54, 1.807) is 0 Å². The van der Waals surface area contributed by atoms with Gasteiger partial charge in [-0.1, -0.05) is 45.4 Å². The maximum Gasteiger partial charge on any atom is 0.397 e. The fraction of sp³-hybridized carbons (Fsp3) is 0.778. The first-order chi connectivity index (χ1) is 15.8. The third-order valence-electron chi connectivity index (χ3n) is 7.55. The summed E-state index contributed by atoms with van der Waals surface area (Å²) < 4.78 is 65.3. The second kappa shape index (κ2) is 13.0. The number of ether oxygens (including phenoxy) is 2. The number of hydrogen-bond donors (Lipinski definition) is 0. The van der Waals surface area contributed by atoms with Crippen molar-refractivity contribution in [2.75, 3.05) is 6.61 Å². The van der Waals surface area contributed by atoms with Gasteiger partial charge in [0.2, 0.25) is 0 Å². The molecule has 2 aliphatic rings. The van der Waals surface area contributed by atoms with Crippen molar-refractivity contribution in [2.45, 2.75) is 109 Å². The standard InChI is InChI=1S/C27H40F4O2/c1-2-3-4-5-20-6-8-22(9-7-20)19-32-23-12-10-21(11-13-23)16-17-27(30,31)33-24-14-15-25(28)26(29)18-24/h14-15,18,20-23H,2-13,16-17,19H2,1H3. The van der Waals surface area contributed by atoms with Crippen LogP contribution in [0.1, 0.15) is 96.8 Å². The smallest absolute Gasteiger partial charge is 0.397 e. The Bertz CT molecular complexity index is 695. The molecule has 0 bridgehead atoms. The number of alkyl halides is 2. The summed E-state index contributed by atoms with van der Waals surface area (Å²) in [5.74, 6) is -0.820. The van der Waals surface area contributed by atoms with Gasteiger partial charge in [0.25, 0.3) is 0 Å². The largest absolute Gasteiger partial charge is 0.432 e. The van der Waals surface area contributed by atoms with E-state index < -0.39 is 24.2 Å². The molecule has 0 spiro atoms. The minimum absolute atomic E-state index is 0.225. The highest BCUT2D eigenvalue weighted by molar-refractivity contribution is 5.23.